The summed E-state index contributed by atoms with van der Waals surface area (Å²) < 4.78 is 1.92. The number of aliphatic carboxylic acids is 1. The zero-order valence-electron chi connectivity index (χ0n) is 18.0. The number of benzene rings is 2. The van der Waals surface area contributed by atoms with E-state index in [2.05, 4.69) is 15.6 Å². The number of carboxylic acids is 1. The van der Waals surface area contributed by atoms with Gasteiger partial charge in [-0.2, -0.15) is 0 Å². The number of anilines is 1. The molecular formula is C22H23N7O4. The van der Waals surface area contributed by atoms with Crippen molar-refractivity contribution in [2.75, 3.05) is 11.9 Å². The molecule has 1 unspecified atom stereocenters. The molecule has 1 fully saturated rings. The predicted octanol–water partition coefficient (Wildman–Crippen LogP) is 1.32. The van der Waals surface area contributed by atoms with Crippen LogP contribution in [-0.2, 0) is 28.7 Å². The van der Waals surface area contributed by atoms with Crippen molar-refractivity contribution in [1.82, 2.24) is 19.8 Å². The first-order chi connectivity index (χ1) is 15.6. The van der Waals surface area contributed by atoms with Crippen LogP contribution < -0.4 is 16.4 Å². The van der Waals surface area contributed by atoms with Gasteiger partial charge in [0.15, 0.2) is 0 Å². The van der Waals surface area contributed by atoms with Gasteiger partial charge < -0.3 is 26.0 Å². The number of hydrogen-bond donors (Lipinski definition) is 5. The third-order valence-electron chi connectivity index (χ3n) is 5.77. The van der Waals surface area contributed by atoms with E-state index in [9.17, 15) is 14.4 Å². The van der Waals surface area contributed by atoms with Crippen molar-refractivity contribution in [3.63, 3.8) is 0 Å². The van der Waals surface area contributed by atoms with Gasteiger partial charge in [-0.1, -0.05) is 6.07 Å². The van der Waals surface area contributed by atoms with Crippen molar-refractivity contribution in [3.8, 4) is 0 Å². The van der Waals surface area contributed by atoms with Crippen molar-refractivity contribution >= 4 is 40.5 Å². The fraction of sp³-hybridized carbons (Fsp3) is 0.227. The van der Waals surface area contributed by atoms with Crippen LogP contribution in [0.15, 0.2) is 42.5 Å². The van der Waals surface area contributed by atoms with Gasteiger partial charge in [0.2, 0.25) is 0 Å². The Morgan fingerprint density at radius 2 is 1.94 bits per heavy atom. The molecule has 1 aliphatic heterocycles. The summed E-state index contributed by atoms with van der Waals surface area (Å²) >= 11 is 0. The first kappa shape index (κ1) is 21.8. The maximum atomic E-state index is 12.8. The Hall–Kier alpha value is -4.41. The van der Waals surface area contributed by atoms with Gasteiger partial charge in [-0.05, 0) is 48.9 Å². The predicted molar refractivity (Wildman–Crippen MR) is 121 cm³/mol. The highest BCUT2D eigenvalue weighted by Gasteiger charge is 2.49. The monoisotopic (exact) mass is 449 g/mol. The molecule has 1 saturated heterocycles. The molecular weight excluding hydrogens is 426 g/mol. The number of nitrogen functional groups attached to an aromatic ring is 1. The Labute approximate surface area is 188 Å². The normalized spacial score (nSPS) is 17.9. The van der Waals surface area contributed by atoms with Crippen LogP contribution in [0, 0.1) is 5.41 Å². The van der Waals surface area contributed by atoms with E-state index in [0.29, 0.717) is 28.1 Å². The number of nitrogens with zero attached hydrogens (tertiary/aromatic N) is 3. The standard InChI is InChI=1S/C22H23N7O4/c1-22(20(32)29(11-18(30)31)21(33)27-22)13-5-8-16-15(9-13)26-17(28(16)2)10-25-14-6-3-12(4-7-14)19(23)24/h3-9,25H,10-11H2,1-2H3,(H3,23,24)(H,27,33)(H,30,31). The maximum Gasteiger partial charge on any atom is 0.325 e. The van der Waals surface area contributed by atoms with Gasteiger partial charge in [0, 0.05) is 18.3 Å². The average molecular weight is 449 g/mol. The first-order valence-corrected chi connectivity index (χ1v) is 10.1. The molecule has 1 aliphatic rings. The van der Waals surface area contributed by atoms with Crippen molar-refractivity contribution in [3.05, 3.63) is 59.4 Å². The van der Waals surface area contributed by atoms with Gasteiger partial charge in [-0.25, -0.2) is 9.78 Å². The van der Waals surface area contributed by atoms with Crippen LogP contribution in [0.1, 0.15) is 23.9 Å². The van der Waals surface area contributed by atoms with E-state index in [1.54, 1.807) is 31.2 Å². The second-order valence-electron chi connectivity index (χ2n) is 7.98. The first-order valence-electron chi connectivity index (χ1n) is 10.1. The van der Waals surface area contributed by atoms with E-state index in [4.69, 9.17) is 16.2 Å². The number of rotatable bonds is 7. The van der Waals surface area contributed by atoms with Crippen molar-refractivity contribution in [2.24, 2.45) is 12.8 Å². The van der Waals surface area contributed by atoms with Gasteiger partial charge in [0.1, 0.15) is 23.7 Å². The number of nitrogens with two attached hydrogens (primary N) is 1. The number of imidazole rings is 1. The Morgan fingerprint density at radius 3 is 2.58 bits per heavy atom. The highest BCUT2D eigenvalue weighted by Crippen LogP contribution is 2.31. The quantitative estimate of drug-likeness (QED) is 0.206. The fourth-order valence-corrected chi connectivity index (χ4v) is 3.84. The molecule has 0 saturated carbocycles. The molecule has 11 heteroatoms. The minimum atomic E-state index is -1.38. The van der Waals surface area contributed by atoms with E-state index in [0.717, 1.165) is 17.0 Å². The lowest BCUT2D eigenvalue weighted by Crippen LogP contribution is -2.41. The summed E-state index contributed by atoms with van der Waals surface area (Å²) in [5.74, 6) is -1.14. The van der Waals surface area contributed by atoms with Gasteiger partial charge in [0.05, 0.1) is 17.6 Å². The minimum absolute atomic E-state index is 0.00409. The number of fused-ring (bicyclic) bond motifs is 1. The number of carbonyl (C=O) groups excluding carboxylic acids is 2. The minimum Gasteiger partial charge on any atom is -0.480 e. The lowest BCUT2D eigenvalue weighted by molar-refractivity contribution is -0.142. The fourth-order valence-electron chi connectivity index (χ4n) is 3.84. The largest absolute Gasteiger partial charge is 0.480 e. The van der Waals surface area contributed by atoms with Crippen LogP contribution in [0.2, 0.25) is 0 Å². The second-order valence-corrected chi connectivity index (χ2v) is 7.98. The molecule has 3 aromatic rings. The molecule has 3 amide bonds. The summed E-state index contributed by atoms with van der Waals surface area (Å²) in [7, 11) is 1.88. The van der Waals surface area contributed by atoms with Gasteiger partial charge in [0.25, 0.3) is 5.91 Å². The highest BCUT2D eigenvalue weighted by atomic mass is 16.4. The second kappa shape index (κ2) is 7.93. The average Bonchev–Trinajstić information content (AvgIpc) is 3.20. The molecule has 0 bridgehead atoms. The summed E-state index contributed by atoms with van der Waals surface area (Å²) in [6.07, 6.45) is 0. The molecule has 6 N–H and O–H groups in total. The van der Waals surface area contributed by atoms with E-state index < -0.39 is 30.0 Å². The SMILES string of the molecule is Cn1c(CNc2ccc(C(=N)N)cc2)nc2cc(C3(C)NC(=O)N(CC(=O)O)C3=O)ccc21. The van der Waals surface area contributed by atoms with Crippen LogP contribution >= 0.6 is 0 Å². The van der Waals surface area contributed by atoms with Crippen LogP contribution in [0.25, 0.3) is 11.0 Å². The number of nitrogens with one attached hydrogen (secondary N) is 3. The van der Waals surface area contributed by atoms with Crippen molar-refractivity contribution in [1.29, 1.82) is 5.41 Å². The van der Waals surface area contributed by atoms with E-state index in [1.807, 2.05) is 29.8 Å². The van der Waals surface area contributed by atoms with E-state index in [-0.39, 0.29) is 5.84 Å². The Bertz CT molecular complexity index is 1300. The van der Waals surface area contributed by atoms with Crippen LogP contribution in [-0.4, -0.2) is 49.8 Å². The highest BCUT2D eigenvalue weighted by molar-refractivity contribution is 6.09. The van der Waals surface area contributed by atoms with E-state index >= 15 is 0 Å². The van der Waals surface area contributed by atoms with Crippen molar-refractivity contribution < 1.29 is 19.5 Å². The number of carbonyl (C=O) groups is 3. The molecule has 170 valence electrons. The number of amidine groups is 1. The summed E-state index contributed by atoms with van der Waals surface area (Å²) in [4.78, 5) is 41.4. The molecule has 1 aromatic heterocycles. The summed E-state index contributed by atoms with van der Waals surface area (Å²) in [6, 6.07) is 11.7. The van der Waals surface area contributed by atoms with E-state index in [1.165, 1.54) is 0 Å². The van der Waals surface area contributed by atoms with Gasteiger partial charge >= 0.3 is 12.0 Å². The molecule has 2 aromatic carbocycles. The molecule has 0 radical (unpaired) electrons. The van der Waals surface area contributed by atoms with Crippen LogP contribution in [0.3, 0.4) is 0 Å². The van der Waals surface area contributed by atoms with Crippen LogP contribution in [0.5, 0.6) is 0 Å². The Morgan fingerprint density at radius 1 is 1.24 bits per heavy atom. The molecule has 0 spiro atoms. The lowest BCUT2D eigenvalue weighted by Gasteiger charge is -2.22. The molecule has 2 heterocycles. The Balaban J connectivity index is 1.58. The maximum absolute atomic E-state index is 12.8. The molecule has 0 aliphatic carbocycles. The third kappa shape index (κ3) is 3.84. The molecule has 33 heavy (non-hydrogen) atoms. The topological polar surface area (TPSA) is 166 Å². The smallest absolute Gasteiger partial charge is 0.325 e. The number of imide groups is 1. The summed E-state index contributed by atoms with van der Waals surface area (Å²) in [5, 5.41) is 22.3. The number of urea groups is 1. The molecule has 1 atom stereocenters. The summed E-state index contributed by atoms with van der Waals surface area (Å²) in [5.41, 5.74) is 7.57. The third-order valence-corrected chi connectivity index (χ3v) is 5.77. The van der Waals surface area contributed by atoms with Gasteiger partial charge in [-0.15, -0.1) is 0 Å². The number of aryl methyl sites for hydroxylation is 1. The lowest BCUT2D eigenvalue weighted by atomic mass is 9.91. The zero-order chi connectivity index (χ0) is 23.9. The Kier molecular flexibility index (Phi) is 5.24. The summed E-state index contributed by atoms with van der Waals surface area (Å²) in [6.45, 7) is 1.28. The molecule has 4 rings (SSSR count). The van der Waals surface area contributed by atoms with Crippen LogP contribution in [0.4, 0.5) is 10.5 Å². The van der Waals surface area contributed by atoms with Gasteiger partial charge in [-0.3, -0.25) is 19.9 Å². The zero-order valence-corrected chi connectivity index (χ0v) is 18.0. The number of carboxylic acid groups (broad SMARTS) is 1. The number of hydrogen-bond acceptors (Lipinski definition) is 6. The number of amides is 3. The number of aromatic nitrogens is 2. The molecule has 11 nitrogen and oxygen atoms in total. The van der Waals surface area contributed by atoms with Crippen molar-refractivity contribution in [2.45, 2.75) is 19.0 Å².